The maximum absolute atomic E-state index is 13.6. The van der Waals surface area contributed by atoms with Gasteiger partial charge >= 0.3 is 0 Å². The normalized spacial score (nSPS) is 13.1. The Morgan fingerprint density at radius 3 is 2.50 bits per heavy atom. The lowest BCUT2D eigenvalue weighted by Gasteiger charge is -2.32. The van der Waals surface area contributed by atoms with Crippen molar-refractivity contribution in [3.63, 3.8) is 0 Å². The third-order valence-electron chi connectivity index (χ3n) is 5.38. The van der Waals surface area contributed by atoms with E-state index in [1.807, 2.05) is 6.92 Å². The molecular weight excluding hydrogens is 478 g/mol. The van der Waals surface area contributed by atoms with Gasteiger partial charge in [0.15, 0.2) is 0 Å². The fourth-order valence-electron chi connectivity index (χ4n) is 3.63. The number of carbonyl (C=O) groups excluding carboxylic acids is 2. The summed E-state index contributed by atoms with van der Waals surface area (Å²) >= 11 is 6.27. The first-order chi connectivity index (χ1) is 16.2. The van der Waals surface area contributed by atoms with Gasteiger partial charge < -0.3 is 10.1 Å². The predicted octanol–water partition coefficient (Wildman–Crippen LogP) is 3.84. The van der Waals surface area contributed by atoms with E-state index in [1.165, 1.54) is 42.3 Å². The highest BCUT2D eigenvalue weighted by Crippen LogP contribution is 2.33. The highest BCUT2D eigenvalue weighted by atomic mass is 35.5. The molecule has 0 spiro atoms. The summed E-state index contributed by atoms with van der Waals surface area (Å²) in [7, 11) is -2.70. The summed E-state index contributed by atoms with van der Waals surface area (Å²) < 4.78 is 33.4. The van der Waals surface area contributed by atoms with Gasteiger partial charge in [-0.25, -0.2) is 8.42 Å². The van der Waals surface area contributed by atoms with E-state index in [0.29, 0.717) is 17.1 Å². The van der Waals surface area contributed by atoms with E-state index in [4.69, 9.17) is 16.3 Å². The van der Waals surface area contributed by atoms with Gasteiger partial charge in [-0.3, -0.25) is 18.8 Å². The van der Waals surface area contributed by atoms with Crippen LogP contribution in [-0.2, 0) is 19.6 Å². The number of fused-ring (bicyclic) bond motifs is 1. The Balaban J connectivity index is 1.76. The van der Waals surface area contributed by atoms with E-state index < -0.39 is 22.5 Å². The Kier molecular flexibility index (Phi) is 6.49. The number of halogens is 1. The minimum absolute atomic E-state index is 0.0228. The maximum Gasteiger partial charge on any atom is 0.264 e. The molecule has 10 heteroatoms. The molecule has 0 bridgehead atoms. The second-order valence-corrected chi connectivity index (χ2v) is 9.96. The van der Waals surface area contributed by atoms with E-state index in [2.05, 4.69) is 5.32 Å². The number of aryl methyl sites for hydroxylation is 1. The fourth-order valence-corrected chi connectivity index (χ4v) is 5.28. The Morgan fingerprint density at radius 2 is 1.82 bits per heavy atom. The van der Waals surface area contributed by atoms with E-state index in [1.54, 1.807) is 36.4 Å². The van der Waals surface area contributed by atoms with E-state index in [9.17, 15) is 18.0 Å². The van der Waals surface area contributed by atoms with Gasteiger partial charge in [0.05, 0.1) is 34.1 Å². The Morgan fingerprint density at radius 1 is 1.12 bits per heavy atom. The topological polar surface area (TPSA) is 96.0 Å². The van der Waals surface area contributed by atoms with E-state index in [-0.39, 0.29) is 28.1 Å². The number of nitrogens with zero attached hydrogens (tertiary/aromatic N) is 2. The molecule has 176 valence electrons. The van der Waals surface area contributed by atoms with Crippen molar-refractivity contribution in [2.24, 2.45) is 0 Å². The number of methoxy groups -OCH3 is 1. The van der Waals surface area contributed by atoms with Crippen molar-refractivity contribution in [1.29, 1.82) is 0 Å². The molecular formula is C24H22ClN3O5S. The lowest BCUT2D eigenvalue weighted by Crippen LogP contribution is -2.48. The second kappa shape index (κ2) is 9.36. The molecule has 0 saturated heterocycles. The van der Waals surface area contributed by atoms with Crippen molar-refractivity contribution in [3.8, 4) is 5.75 Å². The number of hydrogen-bond acceptors (Lipinski definition) is 5. The number of hydrogen-bond donors (Lipinski definition) is 1. The molecule has 1 heterocycles. The monoisotopic (exact) mass is 499 g/mol. The number of para-hydroxylation sites is 2. The van der Waals surface area contributed by atoms with Crippen molar-refractivity contribution in [2.45, 2.75) is 11.8 Å². The first-order valence-corrected chi connectivity index (χ1v) is 12.1. The Bertz CT molecular complexity index is 1360. The number of carbonyl (C=O) groups is 2. The number of amides is 2. The van der Waals surface area contributed by atoms with E-state index in [0.717, 1.165) is 9.87 Å². The first-order valence-electron chi connectivity index (χ1n) is 10.3. The minimum atomic E-state index is -4.15. The van der Waals surface area contributed by atoms with Crippen molar-refractivity contribution in [1.82, 2.24) is 0 Å². The lowest BCUT2D eigenvalue weighted by molar-refractivity contribution is -0.121. The van der Waals surface area contributed by atoms with Crippen LogP contribution in [0.2, 0.25) is 5.02 Å². The summed E-state index contributed by atoms with van der Waals surface area (Å²) in [5.74, 6) is -0.566. The molecule has 1 aliphatic heterocycles. The first kappa shape index (κ1) is 23.6. The van der Waals surface area contributed by atoms with Crippen molar-refractivity contribution in [3.05, 3.63) is 77.3 Å². The zero-order valence-electron chi connectivity index (χ0n) is 18.5. The van der Waals surface area contributed by atoms with Gasteiger partial charge in [-0.05, 0) is 49.4 Å². The van der Waals surface area contributed by atoms with Crippen LogP contribution >= 0.6 is 11.6 Å². The van der Waals surface area contributed by atoms with Crippen molar-refractivity contribution < 1.29 is 22.7 Å². The van der Waals surface area contributed by atoms with Crippen LogP contribution < -0.4 is 19.3 Å². The summed E-state index contributed by atoms with van der Waals surface area (Å²) in [5.41, 5.74) is 2.06. The van der Waals surface area contributed by atoms with Crippen molar-refractivity contribution in [2.75, 3.05) is 34.7 Å². The van der Waals surface area contributed by atoms with Crippen LogP contribution in [0.25, 0.3) is 0 Å². The fraction of sp³-hybridized carbons (Fsp3) is 0.167. The van der Waals surface area contributed by atoms with Crippen LogP contribution in [0.1, 0.15) is 5.56 Å². The molecule has 3 aromatic rings. The van der Waals surface area contributed by atoms with E-state index >= 15 is 0 Å². The van der Waals surface area contributed by atoms with Crippen LogP contribution in [-0.4, -0.2) is 40.4 Å². The molecule has 1 aliphatic rings. The Labute approximate surface area is 202 Å². The van der Waals surface area contributed by atoms with Gasteiger partial charge in [0.25, 0.3) is 10.0 Å². The van der Waals surface area contributed by atoms with Gasteiger partial charge in [0.1, 0.15) is 18.8 Å². The number of anilines is 3. The predicted molar refractivity (Wildman–Crippen MR) is 131 cm³/mol. The van der Waals surface area contributed by atoms with Gasteiger partial charge in [-0.15, -0.1) is 0 Å². The summed E-state index contributed by atoms with van der Waals surface area (Å²) in [4.78, 5) is 26.9. The standard InChI is InChI=1S/C24H22ClN3O5S/c1-16-7-10-18(11-8-16)34(31,32)28(17-9-12-22(33-2)19(25)13-17)15-24(30)27-14-23(29)26-20-5-3-4-6-21(20)27/h3-13H,14-15H2,1-2H3,(H,26,29). The third kappa shape index (κ3) is 4.57. The highest BCUT2D eigenvalue weighted by molar-refractivity contribution is 7.92. The molecule has 3 aromatic carbocycles. The second-order valence-electron chi connectivity index (χ2n) is 7.69. The molecule has 0 radical (unpaired) electrons. The largest absolute Gasteiger partial charge is 0.495 e. The molecule has 0 aliphatic carbocycles. The number of benzene rings is 3. The number of rotatable bonds is 6. The number of sulfonamides is 1. The van der Waals surface area contributed by atoms with Gasteiger partial charge in [-0.2, -0.15) is 0 Å². The van der Waals surface area contributed by atoms with Gasteiger partial charge in [-0.1, -0.05) is 41.4 Å². The summed E-state index contributed by atoms with van der Waals surface area (Å²) in [6.07, 6.45) is 0. The molecule has 1 N–H and O–H groups in total. The van der Waals surface area contributed by atoms with Gasteiger partial charge in [0, 0.05) is 0 Å². The average molecular weight is 500 g/mol. The smallest absolute Gasteiger partial charge is 0.264 e. The van der Waals surface area contributed by atoms with Crippen LogP contribution in [0.4, 0.5) is 17.1 Å². The molecule has 4 rings (SSSR count). The number of nitrogens with one attached hydrogen (secondary N) is 1. The summed E-state index contributed by atoms with van der Waals surface area (Å²) in [6, 6.07) is 17.6. The van der Waals surface area contributed by atoms with Crippen LogP contribution in [0.15, 0.2) is 71.6 Å². The molecule has 0 unspecified atom stereocenters. The quantitative estimate of drug-likeness (QED) is 0.556. The van der Waals surface area contributed by atoms with Crippen LogP contribution in [0.5, 0.6) is 5.75 Å². The third-order valence-corrected chi connectivity index (χ3v) is 7.47. The average Bonchev–Trinajstić information content (AvgIpc) is 2.82. The summed E-state index contributed by atoms with van der Waals surface area (Å²) in [5, 5.41) is 2.91. The summed E-state index contributed by atoms with van der Waals surface area (Å²) in [6.45, 7) is 1.08. The van der Waals surface area contributed by atoms with Crippen LogP contribution in [0, 0.1) is 6.92 Å². The van der Waals surface area contributed by atoms with Crippen molar-refractivity contribution >= 4 is 50.5 Å². The minimum Gasteiger partial charge on any atom is -0.495 e. The Hall–Kier alpha value is -3.56. The molecule has 2 amide bonds. The molecule has 34 heavy (non-hydrogen) atoms. The lowest BCUT2D eigenvalue weighted by atomic mass is 10.2. The zero-order valence-corrected chi connectivity index (χ0v) is 20.1. The highest BCUT2D eigenvalue weighted by Gasteiger charge is 2.32. The molecule has 0 fully saturated rings. The maximum atomic E-state index is 13.6. The van der Waals surface area contributed by atoms with Crippen LogP contribution in [0.3, 0.4) is 0 Å². The number of ether oxygens (including phenoxy) is 1. The molecule has 0 atom stereocenters. The SMILES string of the molecule is COc1ccc(N(CC(=O)N2CC(=O)Nc3ccccc32)S(=O)(=O)c2ccc(C)cc2)cc1Cl. The molecule has 0 aromatic heterocycles. The molecule has 8 nitrogen and oxygen atoms in total. The zero-order chi connectivity index (χ0) is 24.5. The van der Waals surface area contributed by atoms with Gasteiger partial charge in [0.2, 0.25) is 11.8 Å². The molecule has 0 saturated carbocycles.